The molecule has 0 fully saturated rings. The first-order valence-corrected chi connectivity index (χ1v) is 8.38. The van der Waals surface area contributed by atoms with Gasteiger partial charge in [-0.3, -0.25) is 14.4 Å². The molecule has 0 spiro atoms. The molecule has 0 saturated carbocycles. The van der Waals surface area contributed by atoms with E-state index in [-0.39, 0.29) is 16.9 Å². The molecular weight excluding hydrogens is 351 g/mol. The number of Topliss-reactive ketones (excluding diaryl/α,β-unsaturated/α-hetero) is 1. The predicted octanol–water partition coefficient (Wildman–Crippen LogP) is 2.53. The van der Waals surface area contributed by atoms with Gasteiger partial charge in [0.2, 0.25) is 5.95 Å². The molecule has 2 aromatic heterocycles. The average Bonchev–Trinajstić information content (AvgIpc) is 2.74. The summed E-state index contributed by atoms with van der Waals surface area (Å²) in [5.74, 6) is -2.68. The number of ketones is 1. The van der Waals surface area contributed by atoms with Gasteiger partial charge in [0.1, 0.15) is 0 Å². The standard InChI is InChI=1S/C19H23FN4O3/c1-10-14(17(26)22-12-7-8-21-13(20)9-12)11(2)24(6)15(10)16(25)18(27)23-19(3,4)5/h7-9H,1-6H3,(H,23,27)(H,21,22,26). The number of amides is 2. The molecule has 2 rings (SSSR count). The van der Waals surface area contributed by atoms with Crippen LogP contribution < -0.4 is 10.6 Å². The van der Waals surface area contributed by atoms with E-state index in [4.69, 9.17) is 0 Å². The minimum absolute atomic E-state index is 0.139. The Morgan fingerprint density at radius 3 is 2.37 bits per heavy atom. The molecule has 2 aromatic rings. The van der Waals surface area contributed by atoms with Crippen LogP contribution in [0.3, 0.4) is 0 Å². The van der Waals surface area contributed by atoms with Gasteiger partial charge in [0.05, 0.1) is 11.3 Å². The highest BCUT2D eigenvalue weighted by atomic mass is 19.1. The molecule has 0 aliphatic rings. The maximum absolute atomic E-state index is 13.2. The second-order valence-electron chi connectivity index (χ2n) is 7.35. The summed E-state index contributed by atoms with van der Waals surface area (Å²) in [7, 11) is 1.61. The lowest BCUT2D eigenvalue weighted by Crippen LogP contribution is -2.44. The van der Waals surface area contributed by atoms with Crippen molar-refractivity contribution in [3.8, 4) is 0 Å². The SMILES string of the molecule is Cc1c(C(=O)Nc2ccnc(F)c2)c(C)n(C)c1C(=O)C(=O)NC(C)(C)C. The first-order chi connectivity index (χ1) is 12.4. The molecule has 2 heterocycles. The highest BCUT2D eigenvalue weighted by Gasteiger charge is 2.30. The van der Waals surface area contributed by atoms with E-state index < -0.39 is 29.1 Å². The number of rotatable bonds is 4. The number of hydrogen-bond donors (Lipinski definition) is 2. The van der Waals surface area contributed by atoms with E-state index in [1.54, 1.807) is 41.7 Å². The Morgan fingerprint density at radius 2 is 1.81 bits per heavy atom. The van der Waals surface area contributed by atoms with E-state index in [1.807, 2.05) is 0 Å². The molecule has 8 heteroatoms. The van der Waals surface area contributed by atoms with Crippen LogP contribution >= 0.6 is 0 Å². The number of hydrogen-bond acceptors (Lipinski definition) is 4. The number of nitrogens with one attached hydrogen (secondary N) is 2. The Bertz CT molecular complexity index is 926. The molecule has 27 heavy (non-hydrogen) atoms. The van der Waals surface area contributed by atoms with Crippen LogP contribution in [0, 0.1) is 19.8 Å². The fourth-order valence-electron chi connectivity index (χ4n) is 2.81. The lowest BCUT2D eigenvalue weighted by atomic mass is 10.1. The quantitative estimate of drug-likeness (QED) is 0.489. The van der Waals surface area contributed by atoms with Gasteiger partial charge in [-0.1, -0.05) is 0 Å². The zero-order valence-electron chi connectivity index (χ0n) is 16.2. The van der Waals surface area contributed by atoms with Crippen molar-refractivity contribution in [2.75, 3.05) is 5.32 Å². The van der Waals surface area contributed by atoms with Crippen LogP contribution in [0.15, 0.2) is 18.3 Å². The highest BCUT2D eigenvalue weighted by Crippen LogP contribution is 2.23. The van der Waals surface area contributed by atoms with Crippen LogP contribution in [0.25, 0.3) is 0 Å². The number of anilines is 1. The summed E-state index contributed by atoms with van der Waals surface area (Å²) in [6.07, 6.45) is 1.24. The van der Waals surface area contributed by atoms with Crippen LogP contribution in [0.1, 0.15) is 52.9 Å². The maximum Gasteiger partial charge on any atom is 0.294 e. The fraction of sp³-hybridized carbons (Fsp3) is 0.368. The molecule has 0 aromatic carbocycles. The second kappa shape index (κ2) is 7.30. The van der Waals surface area contributed by atoms with Crippen molar-refractivity contribution in [3.05, 3.63) is 46.8 Å². The van der Waals surface area contributed by atoms with E-state index in [9.17, 15) is 18.8 Å². The molecule has 2 N–H and O–H groups in total. The van der Waals surface area contributed by atoms with Gasteiger partial charge >= 0.3 is 0 Å². The molecule has 0 aliphatic carbocycles. The Hall–Kier alpha value is -3.03. The van der Waals surface area contributed by atoms with E-state index in [0.717, 1.165) is 6.07 Å². The molecule has 2 amide bonds. The summed E-state index contributed by atoms with van der Waals surface area (Å²) in [6, 6.07) is 2.55. The van der Waals surface area contributed by atoms with Crippen molar-refractivity contribution >= 4 is 23.3 Å². The number of carbonyl (C=O) groups excluding carboxylic acids is 3. The van der Waals surface area contributed by atoms with E-state index >= 15 is 0 Å². The van der Waals surface area contributed by atoms with Gasteiger partial charge in [-0.05, 0) is 46.2 Å². The van der Waals surface area contributed by atoms with Crippen molar-refractivity contribution in [2.45, 2.75) is 40.2 Å². The molecule has 0 radical (unpaired) electrons. The molecule has 0 saturated heterocycles. The summed E-state index contributed by atoms with van der Waals surface area (Å²) >= 11 is 0. The van der Waals surface area contributed by atoms with E-state index in [1.165, 1.54) is 16.8 Å². The summed E-state index contributed by atoms with van der Waals surface area (Å²) in [5.41, 5.74) is 0.991. The van der Waals surface area contributed by atoms with Gasteiger partial charge in [-0.15, -0.1) is 0 Å². The first-order valence-electron chi connectivity index (χ1n) is 8.38. The van der Waals surface area contributed by atoms with Crippen molar-refractivity contribution in [1.82, 2.24) is 14.9 Å². The van der Waals surface area contributed by atoms with E-state index in [0.29, 0.717) is 11.3 Å². The summed E-state index contributed by atoms with van der Waals surface area (Å²) < 4.78 is 14.7. The molecule has 144 valence electrons. The van der Waals surface area contributed by atoms with Crippen LogP contribution in [0.2, 0.25) is 0 Å². The second-order valence-corrected chi connectivity index (χ2v) is 7.35. The Kier molecular flexibility index (Phi) is 5.48. The van der Waals surface area contributed by atoms with Crippen LogP contribution in [0.4, 0.5) is 10.1 Å². The van der Waals surface area contributed by atoms with Crippen LogP contribution in [0.5, 0.6) is 0 Å². The zero-order chi connectivity index (χ0) is 20.5. The number of aromatic nitrogens is 2. The molecular formula is C19H23FN4O3. The van der Waals surface area contributed by atoms with Crippen LogP contribution in [-0.2, 0) is 11.8 Å². The normalized spacial score (nSPS) is 11.2. The van der Waals surface area contributed by atoms with Crippen molar-refractivity contribution in [2.24, 2.45) is 7.05 Å². The summed E-state index contributed by atoms with van der Waals surface area (Å²) in [6.45, 7) is 8.59. The van der Waals surface area contributed by atoms with Crippen molar-refractivity contribution in [3.63, 3.8) is 0 Å². The lowest BCUT2D eigenvalue weighted by Gasteiger charge is -2.20. The molecule has 0 unspecified atom stereocenters. The van der Waals surface area contributed by atoms with E-state index in [2.05, 4.69) is 15.6 Å². The minimum Gasteiger partial charge on any atom is -0.345 e. The number of pyridine rings is 1. The lowest BCUT2D eigenvalue weighted by molar-refractivity contribution is -0.118. The molecule has 0 atom stereocenters. The van der Waals surface area contributed by atoms with Gasteiger partial charge in [0.25, 0.3) is 17.6 Å². The number of nitrogens with zero attached hydrogens (tertiary/aromatic N) is 2. The molecule has 7 nitrogen and oxygen atoms in total. The summed E-state index contributed by atoms with van der Waals surface area (Å²) in [5, 5.41) is 5.21. The topological polar surface area (TPSA) is 93.1 Å². The highest BCUT2D eigenvalue weighted by molar-refractivity contribution is 6.43. The summed E-state index contributed by atoms with van der Waals surface area (Å²) in [4.78, 5) is 41.0. The Balaban J connectivity index is 2.37. The third-order valence-corrected chi connectivity index (χ3v) is 4.05. The van der Waals surface area contributed by atoms with Gasteiger partial charge in [-0.25, -0.2) is 4.98 Å². The Morgan fingerprint density at radius 1 is 1.19 bits per heavy atom. The average molecular weight is 374 g/mol. The minimum atomic E-state index is -0.741. The van der Waals surface area contributed by atoms with Crippen molar-refractivity contribution < 1.29 is 18.8 Å². The monoisotopic (exact) mass is 374 g/mol. The fourth-order valence-corrected chi connectivity index (χ4v) is 2.81. The third-order valence-electron chi connectivity index (χ3n) is 4.05. The van der Waals surface area contributed by atoms with Crippen molar-refractivity contribution in [1.29, 1.82) is 0 Å². The van der Waals surface area contributed by atoms with Crippen LogP contribution in [-0.4, -0.2) is 32.7 Å². The van der Waals surface area contributed by atoms with Gasteiger partial charge in [0.15, 0.2) is 0 Å². The first kappa shape index (κ1) is 20.3. The van der Waals surface area contributed by atoms with Gasteiger partial charge in [0, 0.05) is 36.2 Å². The zero-order valence-corrected chi connectivity index (χ0v) is 16.2. The maximum atomic E-state index is 13.2. The largest absolute Gasteiger partial charge is 0.345 e. The number of carbonyl (C=O) groups is 3. The number of halogens is 1. The molecule has 0 aliphatic heterocycles. The predicted molar refractivity (Wildman–Crippen MR) is 99.3 cm³/mol. The third kappa shape index (κ3) is 4.39. The smallest absolute Gasteiger partial charge is 0.294 e. The Labute approximate surface area is 157 Å². The van der Waals surface area contributed by atoms with Gasteiger partial charge < -0.3 is 15.2 Å². The van der Waals surface area contributed by atoms with Gasteiger partial charge in [-0.2, -0.15) is 4.39 Å². The molecule has 0 bridgehead atoms.